The van der Waals surface area contributed by atoms with E-state index in [0.29, 0.717) is 18.8 Å². The van der Waals surface area contributed by atoms with Crippen molar-refractivity contribution in [3.8, 4) is 0 Å². The first-order valence-electron chi connectivity index (χ1n) is 12.2. The summed E-state index contributed by atoms with van der Waals surface area (Å²) < 4.78 is 28.4. The number of carbonyl (C=O) groups is 1. The third-order valence-electron chi connectivity index (χ3n) is 6.41. The van der Waals surface area contributed by atoms with Crippen LogP contribution in [0.25, 0.3) is 6.08 Å². The number of sulfonamides is 1. The minimum absolute atomic E-state index is 0.177. The van der Waals surface area contributed by atoms with Gasteiger partial charge in [-0.15, -0.1) is 0 Å². The Morgan fingerprint density at radius 3 is 2.03 bits per heavy atom. The van der Waals surface area contributed by atoms with Crippen molar-refractivity contribution in [3.05, 3.63) is 102 Å². The van der Waals surface area contributed by atoms with Crippen LogP contribution in [0.5, 0.6) is 0 Å². The first-order valence-corrected chi connectivity index (χ1v) is 13.6. The van der Waals surface area contributed by atoms with Crippen LogP contribution < -0.4 is 4.31 Å². The molecule has 7 heteroatoms. The van der Waals surface area contributed by atoms with Crippen LogP contribution in [-0.2, 0) is 14.8 Å². The molecule has 1 aliphatic rings. The maximum atomic E-state index is 13.6. The number of benzene rings is 3. The highest BCUT2D eigenvalue weighted by molar-refractivity contribution is 7.92. The second kappa shape index (κ2) is 11.5. The number of hydrogen-bond acceptors (Lipinski definition) is 4. The molecule has 0 unspecified atom stereocenters. The molecule has 0 bridgehead atoms. The number of carbonyl (C=O) groups excluding carboxylic acids is 1. The van der Waals surface area contributed by atoms with Gasteiger partial charge < -0.3 is 4.90 Å². The third kappa shape index (κ3) is 6.42. The highest BCUT2D eigenvalue weighted by atomic mass is 32.2. The number of rotatable bonds is 8. The molecule has 188 valence electrons. The lowest BCUT2D eigenvalue weighted by molar-refractivity contribution is -0.131. The zero-order chi connectivity index (χ0) is 25.5. The Morgan fingerprint density at radius 1 is 0.833 bits per heavy atom. The second-order valence-electron chi connectivity index (χ2n) is 9.15. The Balaban J connectivity index is 1.42. The van der Waals surface area contributed by atoms with E-state index in [4.69, 9.17) is 0 Å². The van der Waals surface area contributed by atoms with Gasteiger partial charge in [0.1, 0.15) is 6.54 Å². The molecule has 1 heterocycles. The van der Waals surface area contributed by atoms with Crippen LogP contribution >= 0.6 is 0 Å². The van der Waals surface area contributed by atoms with Crippen molar-refractivity contribution >= 4 is 27.7 Å². The Hall–Kier alpha value is -3.42. The molecule has 0 atom stereocenters. The van der Waals surface area contributed by atoms with Crippen molar-refractivity contribution in [1.82, 2.24) is 9.80 Å². The first-order chi connectivity index (χ1) is 17.3. The standard InChI is InChI=1S/C29H33N3O3S/c1-24-10-14-27(15-11-24)32(36(34,35)28-16-12-25(2)13-17-28)23-29(33)31-21-19-30(20-22-31)18-6-9-26-7-4-3-5-8-26/h3-17H,18-23H2,1-2H3/b9-6+. The lowest BCUT2D eigenvalue weighted by atomic mass is 10.2. The number of anilines is 1. The summed E-state index contributed by atoms with van der Waals surface area (Å²) in [4.78, 5) is 17.5. The van der Waals surface area contributed by atoms with Gasteiger partial charge in [0, 0.05) is 32.7 Å². The maximum absolute atomic E-state index is 13.6. The maximum Gasteiger partial charge on any atom is 0.264 e. The van der Waals surface area contributed by atoms with Crippen LogP contribution in [0.15, 0.2) is 89.8 Å². The molecule has 6 nitrogen and oxygen atoms in total. The van der Waals surface area contributed by atoms with Crippen molar-refractivity contribution in [2.45, 2.75) is 18.7 Å². The summed E-state index contributed by atoms with van der Waals surface area (Å²) in [6, 6.07) is 24.1. The largest absolute Gasteiger partial charge is 0.339 e. The van der Waals surface area contributed by atoms with E-state index in [1.165, 1.54) is 4.31 Å². The average molecular weight is 504 g/mol. The van der Waals surface area contributed by atoms with Gasteiger partial charge in [-0.3, -0.25) is 14.0 Å². The summed E-state index contributed by atoms with van der Waals surface area (Å²) >= 11 is 0. The van der Waals surface area contributed by atoms with Gasteiger partial charge in [-0.25, -0.2) is 8.42 Å². The van der Waals surface area contributed by atoms with Crippen LogP contribution in [0.1, 0.15) is 16.7 Å². The van der Waals surface area contributed by atoms with Crippen LogP contribution in [0.4, 0.5) is 5.69 Å². The monoisotopic (exact) mass is 503 g/mol. The smallest absolute Gasteiger partial charge is 0.264 e. The van der Waals surface area contributed by atoms with Gasteiger partial charge >= 0.3 is 0 Å². The second-order valence-corrected chi connectivity index (χ2v) is 11.0. The molecule has 0 aliphatic carbocycles. The highest BCUT2D eigenvalue weighted by Crippen LogP contribution is 2.25. The van der Waals surface area contributed by atoms with Gasteiger partial charge in [0.2, 0.25) is 5.91 Å². The molecule has 3 aromatic rings. The fourth-order valence-electron chi connectivity index (χ4n) is 4.17. The quantitative estimate of drug-likeness (QED) is 0.458. The van der Waals surface area contributed by atoms with E-state index in [2.05, 4.69) is 29.2 Å². The number of aryl methyl sites for hydroxylation is 2. The molecule has 1 fully saturated rings. The molecular formula is C29H33N3O3S. The van der Waals surface area contributed by atoms with Crippen molar-refractivity contribution in [3.63, 3.8) is 0 Å². The number of hydrogen-bond donors (Lipinski definition) is 0. The van der Waals surface area contributed by atoms with Gasteiger partial charge in [-0.1, -0.05) is 77.9 Å². The lowest BCUT2D eigenvalue weighted by Crippen LogP contribution is -2.51. The Morgan fingerprint density at radius 2 is 1.42 bits per heavy atom. The summed E-state index contributed by atoms with van der Waals surface area (Å²) in [5.74, 6) is -0.189. The van der Waals surface area contributed by atoms with Gasteiger partial charge in [-0.2, -0.15) is 0 Å². The predicted molar refractivity (Wildman–Crippen MR) is 145 cm³/mol. The number of amides is 1. The van der Waals surface area contributed by atoms with Crippen molar-refractivity contribution < 1.29 is 13.2 Å². The average Bonchev–Trinajstić information content (AvgIpc) is 2.89. The van der Waals surface area contributed by atoms with Crippen LogP contribution in [0.2, 0.25) is 0 Å². The Bertz CT molecular complexity index is 1280. The fraction of sp³-hybridized carbons (Fsp3) is 0.276. The first kappa shape index (κ1) is 25.7. The van der Waals surface area contributed by atoms with Gasteiger partial charge in [0.15, 0.2) is 0 Å². The summed E-state index contributed by atoms with van der Waals surface area (Å²) in [5, 5.41) is 0. The van der Waals surface area contributed by atoms with Crippen molar-refractivity contribution in [1.29, 1.82) is 0 Å². The van der Waals surface area contributed by atoms with E-state index in [9.17, 15) is 13.2 Å². The SMILES string of the molecule is Cc1ccc(N(CC(=O)N2CCN(C/C=C/c3ccccc3)CC2)S(=O)(=O)c2ccc(C)cc2)cc1. The molecule has 0 N–H and O–H groups in total. The predicted octanol–water partition coefficient (Wildman–Crippen LogP) is 4.36. The van der Waals surface area contributed by atoms with Gasteiger partial charge in [-0.05, 0) is 43.7 Å². The zero-order valence-corrected chi connectivity index (χ0v) is 21.7. The van der Waals surface area contributed by atoms with Crippen LogP contribution in [0.3, 0.4) is 0 Å². The fourth-order valence-corrected chi connectivity index (χ4v) is 5.58. The molecular weight excluding hydrogens is 470 g/mol. The molecule has 0 spiro atoms. The molecule has 0 radical (unpaired) electrons. The topological polar surface area (TPSA) is 60.9 Å². The molecule has 36 heavy (non-hydrogen) atoms. The third-order valence-corrected chi connectivity index (χ3v) is 8.20. The minimum atomic E-state index is -3.90. The molecule has 0 saturated carbocycles. The zero-order valence-electron chi connectivity index (χ0n) is 20.9. The van der Waals surface area contributed by atoms with E-state index in [-0.39, 0.29) is 17.3 Å². The van der Waals surface area contributed by atoms with E-state index in [1.54, 1.807) is 41.3 Å². The van der Waals surface area contributed by atoms with Crippen LogP contribution in [0, 0.1) is 13.8 Å². The van der Waals surface area contributed by atoms with E-state index < -0.39 is 10.0 Å². The molecule has 1 amide bonds. The lowest BCUT2D eigenvalue weighted by Gasteiger charge is -2.35. The van der Waals surface area contributed by atoms with E-state index in [0.717, 1.165) is 36.3 Å². The van der Waals surface area contributed by atoms with Crippen LogP contribution in [-0.4, -0.2) is 63.4 Å². The van der Waals surface area contributed by atoms with Gasteiger partial charge in [0.25, 0.3) is 10.0 Å². The summed E-state index contributed by atoms with van der Waals surface area (Å²) in [7, 11) is -3.90. The molecule has 0 aromatic heterocycles. The normalized spacial score (nSPS) is 14.8. The Kier molecular flexibility index (Phi) is 8.23. The van der Waals surface area contributed by atoms with E-state index in [1.807, 2.05) is 44.2 Å². The minimum Gasteiger partial charge on any atom is -0.339 e. The van der Waals surface area contributed by atoms with Gasteiger partial charge in [0.05, 0.1) is 10.6 Å². The van der Waals surface area contributed by atoms with Crippen molar-refractivity contribution in [2.24, 2.45) is 0 Å². The van der Waals surface area contributed by atoms with E-state index >= 15 is 0 Å². The molecule has 1 aliphatic heterocycles. The summed E-state index contributed by atoms with van der Waals surface area (Å²) in [6.07, 6.45) is 4.24. The summed E-state index contributed by atoms with van der Waals surface area (Å²) in [6.45, 7) is 7.09. The highest BCUT2D eigenvalue weighted by Gasteiger charge is 2.30. The Labute approximate surface area is 214 Å². The van der Waals surface area contributed by atoms with Crippen molar-refractivity contribution in [2.75, 3.05) is 43.6 Å². The summed E-state index contributed by atoms with van der Waals surface area (Å²) in [5.41, 5.74) is 3.65. The molecule has 1 saturated heterocycles. The molecule has 3 aromatic carbocycles. The molecule has 4 rings (SSSR count). The number of nitrogens with zero attached hydrogens (tertiary/aromatic N) is 3. The number of piperazine rings is 1.